The zero-order valence-electron chi connectivity index (χ0n) is 10.8. The number of hydrogen-bond acceptors (Lipinski definition) is 2. The van der Waals surface area contributed by atoms with Gasteiger partial charge in [0.2, 0.25) is 0 Å². The molecule has 0 radical (unpaired) electrons. The molecule has 1 N–H and O–H groups in total. The molecule has 2 aromatic carbocycles. The SMILES string of the molecule is O=C(CC1(F)C=CNc2ccccc21)c1ccccc1. The molecule has 0 aliphatic carbocycles. The van der Waals surface area contributed by atoms with Crippen LogP contribution < -0.4 is 5.32 Å². The van der Waals surface area contributed by atoms with Crippen molar-refractivity contribution in [3.8, 4) is 0 Å². The van der Waals surface area contributed by atoms with Gasteiger partial charge in [-0.05, 0) is 12.1 Å². The topological polar surface area (TPSA) is 29.1 Å². The number of allylic oxidation sites excluding steroid dienone is 1. The van der Waals surface area contributed by atoms with E-state index in [0.717, 1.165) is 0 Å². The van der Waals surface area contributed by atoms with Crippen molar-refractivity contribution in [3.05, 3.63) is 78.0 Å². The van der Waals surface area contributed by atoms with E-state index in [1.165, 1.54) is 6.08 Å². The molecular weight excluding hydrogens is 253 g/mol. The van der Waals surface area contributed by atoms with Crippen LogP contribution in [0.4, 0.5) is 10.1 Å². The van der Waals surface area contributed by atoms with E-state index in [4.69, 9.17) is 0 Å². The van der Waals surface area contributed by atoms with Crippen LogP contribution in [0.25, 0.3) is 0 Å². The number of ketones is 1. The van der Waals surface area contributed by atoms with Crippen molar-refractivity contribution in [1.29, 1.82) is 0 Å². The summed E-state index contributed by atoms with van der Waals surface area (Å²) >= 11 is 0. The maximum atomic E-state index is 15.2. The minimum atomic E-state index is -1.76. The van der Waals surface area contributed by atoms with Crippen LogP contribution in [0.2, 0.25) is 0 Å². The zero-order chi connectivity index (χ0) is 14.0. The Hall–Kier alpha value is -2.42. The lowest BCUT2D eigenvalue weighted by molar-refractivity contribution is 0.0899. The Morgan fingerprint density at radius 1 is 1.05 bits per heavy atom. The van der Waals surface area contributed by atoms with Gasteiger partial charge in [-0.2, -0.15) is 0 Å². The third-order valence-corrected chi connectivity index (χ3v) is 3.47. The van der Waals surface area contributed by atoms with Crippen LogP contribution in [-0.4, -0.2) is 5.78 Å². The van der Waals surface area contributed by atoms with Gasteiger partial charge in [0, 0.05) is 23.0 Å². The van der Waals surface area contributed by atoms with E-state index < -0.39 is 5.67 Å². The monoisotopic (exact) mass is 267 g/mol. The molecule has 1 aliphatic rings. The van der Waals surface area contributed by atoms with E-state index in [2.05, 4.69) is 5.32 Å². The molecule has 1 atom stereocenters. The van der Waals surface area contributed by atoms with E-state index in [9.17, 15) is 4.79 Å². The van der Waals surface area contributed by atoms with E-state index in [1.54, 1.807) is 48.7 Å². The van der Waals surface area contributed by atoms with Crippen molar-refractivity contribution >= 4 is 11.5 Å². The predicted molar refractivity (Wildman–Crippen MR) is 77.4 cm³/mol. The summed E-state index contributed by atoms with van der Waals surface area (Å²) in [7, 11) is 0. The third-order valence-electron chi connectivity index (χ3n) is 3.47. The normalized spacial score (nSPS) is 20.1. The Bertz CT molecular complexity index is 666. The lowest BCUT2D eigenvalue weighted by Gasteiger charge is -2.27. The highest BCUT2D eigenvalue weighted by Crippen LogP contribution is 2.39. The molecule has 100 valence electrons. The molecule has 0 aromatic heterocycles. The van der Waals surface area contributed by atoms with Gasteiger partial charge >= 0.3 is 0 Å². The molecule has 2 nitrogen and oxygen atoms in total. The standard InChI is InChI=1S/C17H14FNO/c18-17(12-16(20)13-6-2-1-3-7-13)10-11-19-15-9-5-4-8-14(15)17/h1-11,19H,12H2. The molecule has 3 rings (SSSR count). The number of nitrogens with one attached hydrogen (secondary N) is 1. The number of rotatable bonds is 3. The molecule has 0 bridgehead atoms. The van der Waals surface area contributed by atoms with Gasteiger partial charge < -0.3 is 5.32 Å². The molecule has 20 heavy (non-hydrogen) atoms. The summed E-state index contributed by atoms with van der Waals surface area (Å²) in [4.78, 5) is 12.2. The summed E-state index contributed by atoms with van der Waals surface area (Å²) < 4.78 is 15.2. The van der Waals surface area contributed by atoms with Gasteiger partial charge in [-0.1, -0.05) is 48.5 Å². The average molecular weight is 267 g/mol. The van der Waals surface area contributed by atoms with Crippen molar-refractivity contribution in [3.63, 3.8) is 0 Å². The van der Waals surface area contributed by atoms with Gasteiger partial charge in [0.1, 0.15) is 0 Å². The molecule has 0 fully saturated rings. The quantitative estimate of drug-likeness (QED) is 0.849. The largest absolute Gasteiger partial charge is 0.362 e. The molecule has 0 amide bonds. The van der Waals surface area contributed by atoms with E-state index in [-0.39, 0.29) is 12.2 Å². The molecular formula is C17H14FNO. The molecule has 3 heteroatoms. The van der Waals surface area contributed by atoms with Crippen LogP contribution in [0.3, 0.4) is 0 Å². The van der Waals surface area contributed by atoms with Crippen LogP contribution in [-0.2, 0) is 5.67 Å². The Morgan fingerprint density at radius 3 is 2.55 bits per heavy atom. The molecule has 0 saturated heterocycles. The van der Waals surface area contributed by atoms with E-state index >= 15 is 4.39 Å². The van der Waals surface area contributed by atoms with Crippen molar-refractivity contribution in [2.45, 2.75) is 12.1 Å². The van der Waals surface area contributed by atoms with Gasteiger partial charge in [-0.15, -0.1) is 0 Å². The van der Waals surface area contributed by atoms with Crippen molar-refractivity contribution < 1.29 is 9.18 Å². The summed E-state index contributed by atoms with van der Waals surface area (Å²) in [5.41, 5.74) is -0.00604. The summed E-state index contributed by atoms with van der Waals surface area (Å²) in [6.07, 6.45) is 2.78. The number of fused-ring (bicyclic) bond motifs is 1. The molecule has 1 unspecified atom stereocenters. The Labute approximate surface area is 116 Å². The second-order valence-corrected chi connectivity index (χ2v) is 4.85. The summed E-state index contributed by atoms with van der Waals surface area (Å²) in [5.74, 6) is -0.200. The highest BCUT2D eigenvalue weighted by atomic mass is 19.1. The Morgan fingerprint density at radius 2 is 1.75 bits per heavy atom. The fraction of sp³-hybridized carbons (Fsp3) is 0.118. The average Bonchev–Trinajstić information content (AvgIpc) is 2.48. The van der Waals surface area contributed by atoms with Crippen LogP contribution in [0.5, 0.6) is 0 Å². The first kappa shape index (κ1) is 12.6. The maximum Gasteiger partial charge on any atom is 0.166 e. The Balaban J connectivity index is 1.92. The number of hydrogen-bond donors (Lipinski definition) is 1. The summed E-state index contributed by atoms with van der Waals surface area (Å²) in [6.45, 7) is 0. The van der Waals surface area contributed by atoms with Crippen LogP contribution in [0.1, 0.15) is 22.3 Å². The van der Waals surface area contributed by atoms with Crippen molar-refractivity contribution in [2.75, 3.05) is 5.32 Å². The van der Waals surface area contributed by atoms with E-state index in [1.807, 2.05) is 12.1 Å². The lowest BCUT2D eigenvalue weighted by atomic mass is 9.86. The minimum Gasteiger partial charge on any atom is -0.362 e. The van der Waals surface area contributed by atoms with Gasteiger partial charge in [-0.3, -0.25) is 4.79 Å². The highest BCUT2D eigenvalue weighted by molar-refractivity contribution is 5.97. The van der Waals surface area contributed by atoms with Crippen LogP contribution in [0.15, 0.2) is 66.9 Å². The molecule has 0 saturated carbocycles. The lowest BCUT2D eigenvalue weighted by Crippen LogP contribution is -2.26. The van der Waals surface area contributed by atoms with E-state index in [0.29, 0.717) is 16.8 Å². The Kier molecular flexibility index (Phi) is 3.11. The van der Waals surface area contributed by atoms with Crippen molar-refractivity contribution in [2.24, 2.45) is 0 Å². The smallest absolute Gasteiger partial charge is 0.166 e. The minimum absolute atomic E-state index is 0.188. The zero-order valence-corrected chi connectivity index (χ0v) is 10.8. The summed E-state index contributed by atoms with van der Waals surface area (Å²) in [5, 5.41) is 3.00. The van der Waals surface area contributed by atoms with Gasteiger partial charge in [0.25, 0.3) is 0 Å². The first-order valence-electron chi connectivity index (χ1n) is 6.50. The van der Waals surface area contributed by atoms with Crippen LogP contribution >= 0.6 is 0 Å². The molecule has 0 spiro atoms. The van der Waals surface area contributed by atoms with Crippen molar-refractivity contribution in [1.82, 2.24) is 0 Å². The predicted octanol–water partition coefficient (Wildman–Crippen LogP) is 4.06. The highest BCUT2D eigenvalue weighted by Gasteiger charge is 2.36. The van der Waals surface area contributed by atoms with Gasteiger partial charge in [0.05, 0.1) is 6.42 Å². The number of alkyl halides is 1. The number of carbonyl (C=O) groups excluding carboxylic acids is 1. The van der Waals surface area contributed by atoms with Gasteiger partial charge in [-0.25, -0.2) is 4.39 Å². The first-order chi connectivity index (χ1) is 9.69. The molecule has 1 aliphatic heterocycles. The molecule has 2 aromatic rings. The van der Waals surface area contributed by atoms with Gasteiger partial charge in [0.15, 0.2) is 11.5 Å². The first-order valence-corrected chi connectivity index (χ1v) is 6.50. The number of Topliss-reactive ketones (excluding diaryl/α,β-unsaturated/α-hetero) is 1. The second kappa shape index (κ2) is 4.93. The second-order valence-electron chi connectivity index (χ2n) is 4.85. The number of carbonyl (C=O) groups is 1. The number of halogens is 1. The third kappa shape index (κ3) is 2.23. The summed E-state index contributed by atoms with van der Waals surface area (Å²) in [6, 6.07) is 16.0. The number of para-hydroxylation sites is 1. The fourth-order valence-corrected chi connectivity index (χ4v) is 2.44. The molecule has 1 heterocycles. The maximum absolute atomic E-state index is 15.2. The number of benzene rings is 2. The van der Waals surface area contributed by atoms with Crippen LogP contribution in [0, 0.1) is 0 Å². The fourth-order valence-electron chi connectivity index (χ4n) is 2.44. The number of anilines is 1.